The molecule has 0 radical (unpaired) electrons. The third-order valence-corrected chi connectivity index (χ3v) is 27.8. The number of aryl methyl sites for hydroxylation is 2. The molecule has 2 aromatic rings. The van der Waals surface area contributed by atoms with Crippen molar-refractivity contribution in [3.8, 4) is 11.5 Å². The van der Waals surface area contributed by atoms with Gasteiger partial charge in [-0.25, -0.2) is 9.78 Å². The number of likely N-dealkylation sites (N-methyl/N-ethyl adjacent to an activating group) is 2. The van der Waals surface area contributed by atoms with Crippen molar-refractivity contribution >= 4 is 43.2 Å². The maximum absolute atomic E-state index is 13.2. The van der Waals surface area contributed by atoms with E-state index >= 15 is 0 Å². The molecule has 0 heterocycles. The molecule has 8 rings (SSSR count). The molecule has 0 bridgehead atoms. The lowest BCUT2D eigenvalue weighted by Crippen LogP contribution is -2.57. The standard InChI is InChI=1S/C73H113F9N2O8S4/c1-52(17-11-14-46-94-96-48-16-39-86-56-21-25-58-54(50-56)18-22-61-59(58)30-32-68(4)63(61)26-28-65(68)87-41-34-83(7)36-43-89-67(2,3)71(74,75)76)51-92-91-40-12-9-10-13-45-93-95-47-15-38-85-55-20-24-57-53(49-55)19-23-62-60(57)31-33-69(5)64(62)27-29-66(69)88-42-35-84(8)37-44-90-70(6,72(77,78)79)73(80,81)82/h20-21,24-25,49-50,52,59-66H,9-19,22-23,26-48,51H2,1-8H3. The largest absolute Gasteiger partial charge is 0.494 e. The highest BCUT2D eigenvalue weighted by Gasteiger charge is 2.69. The number of alkyl halides is 9. The summed E-state index contributed by atoms with van der Waals surface area (Å²) in [7, 11) is 11.4. The first-order valence-corrected chi connectivity index (χ1v) is 41.0. The van der Waals surface area contributed by atoms with Crippen LogP contribution in [0.4, 0.5) is 39.5 Å². The lowest BCUT2D eigenvalue weighted by Gasteiger charge is -2.50. The fraction of sp³-hybridized carbons (Fsp3) is 0.836. The van der Waals surface area contributed by atoms with E-state index in [0.29, 0.717) is 94.1 Å². The summed E-state index contributed by atoms with van der Waals surface area (Å²) in [6.45, 7) is 13.6. The van der Waals surface area contributed by atoms with E-state index in [4.69, 9.17) is 33.5 Å². The Kier molecular flexibility index (Phi) is 31.1. The molecule has 0 N–H and O–H groups in total. The number of rotatable bonds is 43. The second kappa shape index (κ2) is 37.3. The minimum atomic E-state index is -5.57. The summed E-state index contributed by atoms with van der Waals surface area (Å²) in [5.74, 6) is 10.4. The molecule has 0 spiro atoms. The molecule has 2 aromatic carbocycles. The van der Waals surface area contributed by atoms with Gasteiger partial charge in [0.1, 0.15) is 11.5 Å². The van der Waals surface area contributed by atoms with Gasteiger partial charge in [0.15, 0.2) is 5.60 Å². The van der Waals surface area contributed by atoms with Crippen molar-refractivity contribution < 1.29 is 77.7 Å². The third-order valence-electron chi connectivity index (χ3n) is 22.6. The first-order valence-electron chi connectivity index (χ1n) is 36.0. The van der Waals surface area contributed by atoms with Gasteiger partial charge in [-0.05, 0) is 249 Å². The summed E-state index contributed by atoms with van der Waals surface area (Å²) >= 11 is 0. The predicted octanol–water partition coefficient (Wildman–Crippen LogP) is 19.6. The van der Waals surface area contributed by atoms with E-state index in [0.717, 1.165) is 145 Å². The van der Waals surface area contributed by atoms with E-state index in [1.54, 1.807) is 11.9 Å². The highest BCUT2D eigenvalue weighted by Crippen LogP contribution is 2.63. The number of hydrogen-bond donors (Lipinski definition) is 0. The van der Waals surface area contributed by atoms with Crippen LogP contribution >= 0.6 is 43.2 Å². The van der Waals surface area contributed by atoms with Crippen molar-refractivity contribution in [2.24, 2.45) is 40.4 Å². The van der Waals surface area contributed by atoms with Crippen LogP contribution in [0.5, 0.6) is 11.5 Å². The zero-order valence-electron chi connectivity index (χ0n) is 58.5. The van der Waals surface area contributed by atoms with E-state index in [2.05, 4.69) is 61.9 Å². The average molecular weight is 1450 g/mol. The van der Waals surface area contributed by atoms with E-state index in [-0.39, 0.29) is 43.1 Å². The molecule has 0 amide bonds. The molecule has 0 aromatic heterocycles. The van der Waals surface area contributed by atoms with Crippen molar-refractivity contribution in [2.75, 3.05) is 116 Å². The maximum atomic E-state index is 13.2. The number of nitrogens with zero attached hydrogens (tertiary/aromatic N) is 2. The third kappa shape index (κ3) is 21.8. The normalized spacial score (nSPS) is 26.3. The summed E-state index contributed by atoms with van der Waals surface area (Å²) in [6.07, 6.45) is 8.17. The fourth-order valence-electron chi connectivity index (χ4n) is 16.4. The number of hydrogen-bond acceptors (Lipinski definition) is 14. The van der Waals surface area contributed by atoms with Crippen LogP contribution in [0.3, 0.4) is 0 Å². The minimum absolute atomic E-state index is 0.0240. The molecule has 96 heavy (non-hydrogen) atoms. The van der Waals surface area contributed by atoms with Gasteiger partial charge < -0.3 is 38.2 Å². The molecule has 6 aliphatic carbocycles. The molecule has 11 atom stereocenters. The summed E-state index contributed by atoms with van der Waals surface area (Å²) in [5, 5.41) is 0. The van der Waals surface area contributed by atoms with Crippen LogP contribution in [0.1, 0.15) is 198 Å². The molecule has 11 unspecified atom stereocenters. The highest BCUT2D eigenvalue weighted by atomic mass is 33.1. The molecule has 550 valence electrons. The van der Waals surface area contributed by atoms with E-state index < -0.39 is 36.3 Å². The van der Waals surface area contributed by atoms with Crippen LogP contribution in [-0.4, -0.2) is 168 Å². The Bertz CT molecular complexity index is 2610. The van der Waals surface area contributed by atoms with Crippen LogP contribution < -0.4 is 9.47 Å². The van der Waals surface area contributed by atoms with Gasteiger partial charge in [0.05, 0.1) is 65.1 Å². The molecule has 0 aliphatic heterocycles. The molecule has 0 saturated heterocycles. The zero-order valence-corrected chi connectivity index (χ0v) is 61.8. The van der Waals surface area contributed by atoms with Crippen LogP contribution in [0.15, 0.2) is 36.4 Å². The first-order chi connectivity index (χ1) is 45.6. The smallest absolute Gasteiger partial charge is 0.426 e. The fourth-order valence-corrected chi connectivity index (χ4v) is 20.8. The summed E-state index contributed by atoms with van der Waals surface area (Å²) in [5.41, 5.74) is -0.303. The first kappa shape index (κ1) is 80.2. The van der Waals surface area contributed by atoms with E-state index in [1.165, 1.54) is 67.2 Å². The molecule has 4 fully saturated rings. The van der Waals surface area contributed by atoms with Gasteiger partial charge in [-0.1, -0.05) is 95.3 Å². The van der Waals surface area contributed by atoms with Gasteiger partial charge in [0.25, 0.3) is 5.60 Å². The summed E-state index contributed by atoms with van der Waals surface area (Å²) in [6, 6.07) is 13.6. The number of halogens is 9. The van der Waals surface area contributed by atoms with Crippen molar-refractivity contribution in [1.82, 2.24) is 9.80 Å². The Balaban J connectivity index is 0.563. The Morgan fingerprint density at radius 1 is 0.490 bits per heavy atom. The summed E-state index contributed by atoms with van der Waals surface area (Å²) < 4.78 is 154. The summed E-state index contributed by atoms with van der Waals surface area (Å²) in [4.78, 5) is 14.8. The monoisotopic (exact) mass is 1440 g/mol. The average Bonchev–Trinajstić information content (AvgIpc) is 1.49. The van der Waals surface area contributed by atoms with Gasteiger partial charge in [-0.3, -0.25) is 0 Å². The topological polar surface area (TPSA) is 80.3 Å². The Hall–Kier alpha value is -1.51. The molecule has 23 heteroatoms. The second-order valence-electron chi connectivity index (χ2n) is 29.7. The van der Waals surface area contributed by atoms with Crippen molar-refractivity contribution in [2.45, 2.75) is 230 Å². The van der Waals surface area contributed by atoms with Crippen molar-refractivity contribution in [3.05, 3.63) is 58.7 Å². The van der Waals surface area contributed by atoms with Gasteiger partial charge in [0.2, 0.25) is 0 Å². The van der Waals surface area contributed by atoms with Crippen molar-refractivity contribution in [3.63, 3.8) is 0 Å². The van der Waals surface area contributed by atoms with Crippen molar-refractivity contribution in [1.29, 1.82) is 0 Å². The van der Waals surface area contributed by atoms with Crippen LogP contribution in [-0.2, 0) is 41.6 Å². The number of unbranched alkanes of at least 4 members (excludes halogenated alkanes) is 4. The number of ether oxygens (including phenoxy) is 6. The Morgan fingerprint density at radius 2 is 0.938 bits per heavy atom. The lowest BCUT2D eigenvalue weighted by molar-refractivity contribution is -0.374. The lowest BCUT2D eigenvalue weighted by atomic mass is 9.55. The quantitative estimate of drug-likeness (QED) is 0.0208. The van der Waals surface area contributed by atoms with Crippen LogP contribution in [0, 0.1) is 40.4 Å². The SMILES string of the molecule is CC(CCCCSSCCCOc1ccc2c(c1)CCC1C2CCC2(C)C(OCCN(C)CCOC(C)(C)C(F)(F)F)CCC12)COOCCCCCCSSCCCOc1ccc2c(c1)CCC1C2CCC2(C)C(OCCN(C)CCOC(C)(C(F)(F)F)C(F)(F)F)CCC12. The van der Waals surface area contributed by atoms with Crippen LogP contribution in [0.25, 0.3) is 0 Å². The Morgan fingerprint density at radius 3 is 1.42 bits per heavy atom. The second-order valence-corrected chi connectivity index (χ2v) is 35.1. The number of fused-ring (bicyclic) bond motifs is 10. The maximum Gasteiger partial charge on any atom is 0.426 e. The molecular weight excluding hydrogens is 1330 g/mol. The van der Waals surface area contributed by atoms with Gasteiger partial charge in [0, 0.05) is 49.2 Å². The molecular formula is C73H113F9N2O8S4. The van der Waals surface area contributed by atoms with Gasteiger partial charge in [-0.2, -0.15) is 39.5 Å². The minimum Gasteiger partial charge on any atom is -0.494 e. The Labute approximate surface area is 584 Å². The highest BCUT2D eigenvalue weighted by molar-refractivity contribution is 8.77. The van der Waals surface area contributed by atoms with Crippen LogP contribution in [0.2, 0.25) is 0 Å². The van der Waals surface area contributed by atoms with E-state index in [1.807, 2.05) is 55.1 Å². The molecule has 4 saturated carbocycles. The predicted molar refractivity (Wildman–Crippen MR) is 373 cm³/mol. The van der Waals surface area contributed by atoms with E-state index in [9.17, 15) is 39.5 Å². The van der Waals surface area contributed by atoms with Gasteiger partial charge in [-0.15, -0.1) is 0 Å². The number of benzene rings is 2. The molecule has 6 aliphatic rings. The van der Waals surface area contributed by atoms with Gasteiger partial charge >= 0.3 is 18.5 Å². The zero-order chi connectivity index (χ0) is 69.2. The molecule has 10 nitrogen and oxygen atoms in total.